The first-order valence-corrected chi connectivity index (χ1v) is 12.3. The maximum atomic E-state index is 13.1. The van der Waals surface area contributed by atoms with E-state index in [-0.39, 0.29) is 31.2 Å². The number of benzene rings is 2. The number of aryl methyl sites for hydroxylation is 3. The third-order valence-corrected chi connectivity index (χ3v) is 8.54. The third-order valence-electron chi connectivity index (χ3n) is 6.64. The van der Waals surface area contributed by atoms with E-state index in [0.717, 1.165) is 30.3 Å². The highest BCUT2D eigenvalue weighted by Crippen LogP contribution is 2.26. The number of sulfonamides is 1. The van der Waals surface area contributed by atoms with Gasteiger partial charge in [0.05, 0.1) is 15.9 Å². The van der Waals surface area contributed by atoms with Crippen LogP contribution < -0.4 is 5.69 Å². The molecule has 3 aromatic rings. The second kappa shape index (κ2) is 7.90. The quantitative estimate of drug-likeness (QED) is 0.596. The van der Waals surface area contributed by atoms with E-state index in [0.29, 0.717) is 23.5 Å². The van der Waals surface area contributed by atoms with Crippen LogP contribution in [0.15, 0.2) is 52.2 Å². The summed E-state index contributed by atoms with van der Waals surface area (Å²) in [7, 11) is -1.90. The summed E-state index contributed by atoms with van der Waals surface area (Å²) in [5, 5.41) is 0. The highest BCUT2D eigenvalue weighted by Gasteiger charge is 2.31. The number of rotatable bonds is 4. The largest absolute Gasteiger partial charge is 0.338 e. The van der Waals surface area contributed by atoms with E-state index in [1.165, 1.54) is 19.0 Å². The molecule has 1 aromatic heterocycles. The Labute approximate surface area is 186 Å². The fourth-order valence-electron chi connectivity index (χ4n) is 4.79. The second-order valence-electron chi connectivity index (χ2n) is 8.49. The topological polar surface area (TPSA) is 84.6 Å². The molecule has 168 valence electrons. The number of imidazole rings is 1. The van der Waals surface area contributed by atoms with E-state index in [2.05, 4.69) is 0 Å². The summed E-state index contributed by atoms with van der Waals surface area (Å²) < 4.78 is 30.7. The number of hydrogen-bond donors (Lipinski definition) is 0. The first-order chi connectivity index (χ1) is 15.4. The number of fused-ring (bicyclic) bond motifs is 2. The minimum Gasteiger partial charge on any atom is -0.338 e. The zero-order valence-electron chi connectivity index (χ0n) is 18.0. The van der Waals surface area contributed by atoms with Gasteiger partial charge >= 0.3 is 5.69 Å². The van der Waals surface area contributed by atoms with Crippen molar-refractivity contribution in [3.63, 3.8) is 0 Å². The van der Waals surface area contributed by atoms with Crippen LogP contribution in [0.2, 0.25) is 0 Å². The fourth-order valence-corrected chi connectivity index (χ4v) is 6.26. The van der Waals surface area contributed by atoms with Gasteiger partial charge in [-0.1, -0.05) is 18.2 Å². The van der Waals surface area contributed by atoms with Crippen LogP contribution in [-0.4, -0.2) is 58.8 Å². The van der Waals surface area contributed by atoms with E-state index < -0.39 is 10.0 Å². The zero-order chi connectivity index (χ0) is 22.5. The molecule has 9 heteroatoms. The number of amides is 1. The van der Waals surface area contributed by atoms with Gasteiger partial charge in [0, 0.05) is 33.2 Å². The number of nitrogens with zero attached hydrogens (tertiary/aromatic N) is 4. The van der Waals surface area contributed by atoms with Gasteiger partial charge in [0.1, 0.15) is 6.54 Å². The van der Waals surface area contributed by atoms with Gasteiger partial charge in [-0.3, -0.25) is 13.9 Å². The molecule has 0 spiro atoms. The van der Waals surface area contributed by atoms with Gasteiger partial charge in [-0.05, 0) is 54.7 Å². The molecule has 0 atom stereocenters. The van der Waals surface area contributed by atoms with Crippen LogP contribution in [0.25, 0.3) is 11.0 Å². The molecule has 8 nitrogen and oxygen atoms in total. The van der Waals surface area contributed by atoms with Crippen molar-refractivity contribution in [2.75, 3.05) is 26.2 Å². The third kappa shape index (κ3) is 3.45. The van der Waals surface area contributed by atoms with Crippen molar-refractivity contribution in [2.24, 2.45) is 7.05 Å². The maximum Gasteiger partial charge on any atom is 0.329 e. The van der Waals surface area contributed by atoms with Gasteiger partial charge in [0.25, 0.3) is 0 Å². The summed E-state index contributed by atoms with van der Waals surface area (Å²) in [6.07, 6.45) is 3.00. The van der Waals surface area contributed by atoms with Crippen LogP contribution in [0.5, 0.6) is 0 Å². The highest BCUT2D eigenvalue weighted by atomic mass is 32.2. The molecular weight excluding hydrogens is 428 g/mol. The molecular formula is C23H26N4O4S. The van der Waals surface area contributed by atoms with Gasteiger partial charge < -0.3 is 4.90 Å². The first kappa shape index (κ1) is 21.0. The smallest absolute Gasteiger partial charge is 0.329 e. The van der Waals surface area contributed by atoms with E-state index >= 15 is 0 Å². The van der Waals surface area contributed by atoms with Gasteiger partial charge in [-0.15, -0.1) is 0 Å². The van der Waals surface area contributed by atoms with Crippen LogP contribution in [0.1, 0.15) is 17.5 Å². The zero-order valence-corrected chi connectivity index (χ0v) is 18.8. The van der Waals surface area contributed by atoms with Crippen molar-refractivity contribution in [1.82, 2.24) is 18.3 Å². The average Bonchev–Trinajstić information content (AvgIpc) is 3.38. The van der Waals surface area contributed by atoms with E-state index in [9.17, 15) is 18.0 Å². The molecule has 5 rings (SSSR count). The molecule has 1 aliphatic carbocycles. The molecule has 0 bridgehead atoms. The average molecular weight is 455 g/mol. The number of piperazine rings is 1. The molecule has 1 amide bonds. The molecule has 0 radical (unpaired) electrons. The molecule has 0 saturated carbocycles. The van der Waals surface area contributed by atoms with Crippen LogP contribution in [0.4, 0.5) is 0 Å². The standard InChI is InChI=1S/C23H26N4O4S/c1-24-20-7-2-3-8-21(20)27(23(24)29)16-22(28)25-11-13-26(14-12-25)32(30,31)19-10-9-17-5-4-6-18(17)15-19/h2-3,7-10,15H,4-6,11-14,16H2,1H3. The molecule has 2 aromatic carbocycles. The van der Waals surface area contributed by atoms with E-state index in [1.807, 2.05) is 36.4 Å². The van der Waals surface area contributed by atoms with Crippen LogP contribution in [0, 0.1) is 0 Å². The van der Waals surface area contributed by atoms with Gasteiger partial charge in [0.2, 0.25) is 15.9 Å². The molecule has 0 N–H and O–H groups in total. The lowest BCUT2D eigenvalue weighted by Crippen LogP contribution is -2.51. The lowest BCUT2D eigenvalue weighted by molar-refractivity contribution is -0.133. The lowest BCUT2D eigenvalue weighted by Gasteiger charge is -2.34. The Morgan fingerprint density at radius 3 is 2.38 bits per heavy atom. The Morgan fingerprint density at radius 2 is 1.62 bits per heavy atom. The summed E-state index contributed by atoms with van der Waals surface area (Å²) in [6.45, 7) is 1.05. The summed E-state index contributed by atoms with van der Waals surface area (Å²) in [4.78, 5) is 27.5. The molecule has 32 heavy (non-hydrogen) atoms. The molecule has 0 unspecified atom stereocenters. The van der Waals surface area contributed by atoms with E-state index in [4.69, 9.17) is 0 Å². The van der Waals surface area contributed by atoms with Crippen LogP contribution in [0.3, 0.4) is 0 Å². The van der Waals surface area contributed by atoms with Gasteiger partial charge in [0.15, 0.2) is 0 Å². The van der Waals surface area contributed by atoms with Crippen molar-refractivity contribution in [3.05, 3.63) is 64.1 Å². The predicted octanol–water partition coefficient (Wildman–Crippen LogP) is 1.36. The Bertz CT molecular complexity index is 1360. The van der Waals surface area contributed by atoms with Crippen LogP contribution in [-0.2, 0) is 41.3 Å². The Hall–Kier alpha value is -2.91. The molecule has 2 aliphatic rings. The summed E-state index contributed by atoms with van der Waals surface area (Å²) in [5.74, 6) is -0.182. The normalized spacial score (nSPS) is 17.1. The molecule has 1 fully saturated rings. The second-order valence-corrected chi connectivity index (χ2v) is 10.4. The van der Waals surface area contributed by atoms with Gasteiger partial charge in [-0.25, -0.2) is 13.2 Å². The van der Waals surface area contributed by atoms with Crippen molar-refractivity contribution in [3.8, 4) is 0 Å². The maximum absolute atomic E-state index is 13.1. The monoisotopic (exact) mass is 454 g/mol. The van der Waals surface area contributed by atoms with Crippen molar-refractivity contribution >= 4 is 27.0 Å². The minimum atomic E-state index is -3.59. The fraction of sp³-hybridized carbons (Fsp3) is 0.391. The molecule has 2 heterocycles. The number of carbonyl (C=O) groups excluding carboxylic acids is 1. The first-order valence-electron chi connectivity index (χ1n) is 10.9. The van der Waals surface area contributed by atoms with Crippen molar-refractivity contribution in [1.29, 1.82) is 0 Å². The number of carbonyl (C=O) groups is 1. The van der Waals surface area contributed by atoms with Crippen molar-refractivity contribution < 1.29 is 13.2 Å². The highest BCUT2D eigenvalue weighted by molar-refractivity contribution is 7.89. The SMILES string of the molecule is Cn1c(=O)n(CC(=O)N2CCN(S(=O)(=O)c3ccc4c(c3)CCC4)CC2)c2ccccc21. The number of hydrogen-bond acceptors (Lipinski definition) is 4. The Balaban J connectivity index is 1.28. The lowest BCUT2D eigenvalue weighted by atomic mass is 10.1. The van der Waals surface area contributed by atoms with Crippen LogP contribution >= 0.6 is 0 Å². The molecule has 1 saturated heterocycles. The number of para-hydroxylation sites is 2. The summed E-state index contributed by atoms with van der Waals surface area (Å²) >= 11 is 0. The minimum absolute atomic E-state index is 0.0578. The Morgan fingerprint density at radius 1 is 0.938 bits per heavy atom. The summed E-state index contributed by atoms with van der Waals surface area (Å²) in [5.41, 5.74) is 3.61. The predicted molar refractivity (Wildman–Crippen MR) is 121 cm³/mol. The molecule has 1 aliphatic heterocycles. The number of aromatic nitrogens is 2. The van der Waals surface area contributed by atoms with Crippen molar-refractivity contribution in [2.45, 2.75) is 30.7 Å². The van der Waals surface area contributed by atoms with E-state index in [1.54, 1.807) is 18.0 Å². The Kier molecular flexibility index (Phi) is 5.17. The van der Waals surface area contributed by atoms with Gasteiger partial charge in [-0.2, -0.15) is 4.31 Å². The summed E-state index contributed by atoms with van der Waals surface area (Å²) in [6, 6.07) is 12.8.